The highest BCUT2D eigenvalue weighted by Crippen LogP contribution is 2.15. The molecule has 6 heteroatoms. The van der Waals surface area contributed by atoms with Gasteiger partial charge in [0.2, 0.25) is 0 Å². The van der Waals surface area contributed by atoms with Crippen LogP contribution in [0.5, 0.6) is 0 Å². The second-order valence-electron chi connectivity index (χ2n) is 6.79. The Hall–Kier alpha value is -0.860. The van der Waals surface area contributed by atoms with E-state index in [2.05, 4.69) is 70.7 Å². The van der Waals surface area contributed by atoms with E-state index in [-0.39, 0.29) is 24.0 Å². The van der Waals surface area contributed by atoms with Gasteiger partial charge in [0, 0.05) is 32.7 Å². The smallest absolute Gasteiger partial charge is 0.191 e. The highest BCUT2D eigenvalue weighted by Gasteiger charge is 2.22. The van der Waals surface area contributed by atoms with Crippen LogP contribution in [0, 0.1) is 0 Å². The molecule has 1 unspecified atom stereocenters. The molecule has 5 nitrogen and oxygen atoms in total. The van der Waals surface area contributed by atoms with Crippen molar-refractivity contribution in [1.29, 1.82) is 0 Å². The predicted octanol–water partition coefficient (Wildman–Crippen LogP) is 2.52. The zero-order valence-corrected chi connectivity index (χ0v) is 18.4. The van der Waals surface area contributed by atoms with Gasteiger partial charge >= 0.3 is 0 Å². The van der Waals surface area contributed by atoms with Crippen molar-refractivity contribution >= 4 is 29.9 Å². The van der Waals surface area contributed by atoms with Crippen molar-refractivity contribution in [3.05, 3.63) is 35.4 Å². The third kappa shape index (κ3) is 7.50. The van der Waals surface area contributed by atoms with Gasteiger partial charge in [-0.25, -0.2) is 0 Å². The van der Waals surface area contributed by atoms with Gasteiger partial charge in [-0.3, -0.25) is 9.89 Å². The van der Waals surface area contributed by atoms with Crippen molar-refractivity contribution in [1.82, 2.24) is 20.4 Å². The van der Waals surface area contributed by atoms with Crippen LogP contribution in [-0.2, 0) is 13.1 Å². The lowest BCUT2D eigenvalue weighted by Gasteiger charge is -2.24. The first-order chi connectivity index (χ1) is 11.6. The van der Waals surface area contributed by atoms with Gasteiger partial charge in [0.05, 0.1) is 0 Å². The standard InChI is InChI=1S/C19H33N5.HI/c1-5-24-11-7-10-18(24)14-22-19(20-2)21-13-16-8-6-9-17(12-16)15-23(3)4;/h6,8-9,12,18H,5,7,10-11,13-15H2,1-4H3,(H2,20,21,22);1H. The summed E-state index contributed by atoms with van der Waals surface area (Å²) in [5.41, 5.74) is 2.63. The van der Waals surface area contributed by atoms with Crippen molar-refractivity contribution < 1.29 is 0 Å². The third-order valence-electron chi connectivity index (χ3n) is 4.58. The van der Waals surface area contributed by atoms with E-state index in [1.54, 1.807) is 0 Å². The molecule has 1 aromatic rings. The lowest BCUT2D eigenvalue weighted by atomic mass is 10.1. The van der Waals surface area contributed by atoms with Gasteiger partial charge in [0.25, 0.3) is 0 Å². The molecule has 0 spiro atoms. The van der Waals surface area contributed by atoms with Crippen molar-refractivity contribution in [2.45, 2.75) is 38.9 Å². The van der Waals surface area contributed by atoms with Crippen LogP contribution in [0.2, 0.25) is 0 Å². The van der Waals surface area contributed by atoms with Gasteiger partial charge in [-0.15, -0.1) is 24.0 Å². The molecule has 142 valence electrons. The molecule has 0 aromatic heterocycles. The van der Waals surface area contributed by atoms with Crippen molar-refractivity contribution in [2.75, 3.05) is 40.8 Å². The first-order valence-electron chi connectivity index (χ1n) is 9.03. The first-order valence-corrected chi connectivity index (χ1v) is 9.03. The number of halogens is 1. The summed E-state index contributed by atoms with van der Waals surface area (Å²) in [5.74, 6) is 0.885. The molecule has 1 aromatic carbocycles. The Labute approximate surface area is 170 Å². The quantitative estimate of drug-likeness (QED) is 0.374. The maximum atomic E-state index is 4.35. The Bertz CT molecular complexity index is 532. The molecule has 0 saturated carbocycles. The number of nitrogens with zero attached hydrogens (tertiary/aromatic N) is 3. The fourth-order valence-electron chi connectivity index (χ4n) is 3.37. The number of likely N-dealkylation sites (N-methyl/N-ethyl adjacent to an activating group) is 1. The van der Waals surface area contributed by atoms with E-state index in [0.717, 1.165) is 32.1 Å². The van der Waals surface area contributed by atoms with E-state index in [0.29, 0.717) is 6.04 Å². The van der Waals surface area contributed by atoms with Gasteiger partial charge < -0.3 is 15.5 Å². The molecule has 2 N–H and O–H groups in total. The van der Waals surface area contributed by atoms with Gasteiger partial charge in [0.15, 0.2) is 5.96 Å². The van der Waals surface area contributed by atoms with Crippen LogP contribution < -0.4 is 10.6 Å². The molecule has 1 saturated heterocycles. The molecule has 1 aliphatic rings. The molecule has 1 atom stereocenters. The van der Waals surface area contributed by atoms with Crippen molar-refractivity contribution in [3.63, 3.8) is 0 Å². The molecule has 0 amide bonds. The Morgan fingerprint density at radius 3 is 2.72 bits per heavy atom. The summed E-state index contributed by atoms with van der Waals surface area (Å²) < 4.78 is 0. The second-order valence-corrected chi connectivity index (χ2v) is 6.79. The molecule has 0 aliphatic carbocycles. The van der Waals surface area contributed by atoms with E-state index in [1.165, 1.54) is 30.5 Å². The summed E-state index contributed by atoms with van der Waals surface area (Å²) in [4.78, 5) is 9.09. The number of nitrogens with one attached hydrogen (secondary N) is 2. The fraction of sp³-hybridized carbons (Fsp3) is 0.632. The summed E-state index contributed by atoms with van der Waals surface area (Å²) in [6.07, 6.45) is 2.59. The summed E-state index contributed by atoms with van der Waals surface area (Å²) in [5, 5.41) is 6.91. The van der Waals surface area contributed by atoms with Crippen LogP contribution in [0.15, 0.2) is 29.3 Å². The van der Waals surface area contributed by atoms with Gasteiger partial charge in [-0.05, 0) is 51.2 Å². The number of hydrogen-bond donors (Lipinski definition) is 2. The lowest BCUT2D eigenvalue weighted by Crippen LogP contribution is -2.44. The van der Waals surface area contributed by atoms with Crippen molar-refractivity contribution in [3.8, 4) is 0 Å². The van der Waals surface area contributed by atoms with Crippen molar-refractivity contribution in [2.24, 2.45) is 4.99 Å². The topological polar surface area (TPSA) is 42.9 Å². The SMILES string of the molecule is CCN1CCCC1CNC(=NC)NCc1cccc(CN(C)C)c1.I. The highest BCUT2D eigenvalue weighted by atomic mass is 127. The van der Waals surface area contributed by atoms with E-state index in [4.69, 9.17) is 0 Å². The average Bonchev–Trinajstić information content (AvgIpc) is 3.02. The summed E-state index contributed by atoms with van der Waals surface area (Å²) in [6.45, 7) is 7.34. The predicted molar refractivity (Wildman–Crippen MR) is 118 cm³/mol. The molecule has 1 aliphatic heterocycles. The van der Waals surface area contributed by atoms with Crippen LogP contribution in [-0.4, -0.2) is 62.6 Å². The number of likely N-dealkylation sites (tertiary alicyclic amines) is 1. The number of benzene rings is 1. The summed E-state index contributed by atoms with van der Waals surface area (Å²) >= 11 is 0. The Morgan fingerprint density at radius 2 is 2.04 bits per heavy atom. The molecule has 2 rings (SSSR count). The number of rotatable bonds is 7. The molecule has 1 heterocycles. The largest absolute Gasteiger partial charge is 0.355 e. The van der Waals surface area contributed by atoms with Gasteiger partial charge in [0.1, 0.15) is 0 Å². The lowest BCUT2D eigenvalue weighted by molar-refractivity contribution is 0.267. The molecular formula is C19H34IN5. The Balaban J connectivity index is 0.00000312. The minimum absolute atomic E-state index is 0. The highest BCUT2D eigenvalue weighted by molar-refractivity contribution is 14.0. The van der Waals surface area contributed by atoms with E-state index in [9.17, 15) is 0 Å². The van der Waals surface area contributed by atoms with Crippen LogP contribution >= 0.6 is 24.0 Å². The van der Waals surface area contributed by atoms with Gasteiger partial charge in [-0.1, -0.05) is 31.2 Å². The fourth-order valence-corrected chi connectivity index (χ4v) is 3.37. The van der Waals surface area contributed by atoms with E-state index >= 15 is 0 Å². The molecule has 25 heavy (non-hydrogen) atoms. The zero-order chi connectivity index (χ0) is 17.4. The Morgan fingerprint density at radius 1 is 1.28 bits per heavy atom. The molecule has 0 bridgehead atoms. The summed E-state index contributed by atoms with van der Waals surface area (Å²) in [7, 11) is 6.03. The van der Waals surface area contributed by atoms with Crippen LogP contribution in [0.3, 0.4) is 0 Å². The third-order valence-corrected chi connectivity index (χ3v) is 4.58. The van der Waals surface area contributed by atoms with Crippen LogP contribution in [0.4, 0.5) is 0 Å². The minimum atomic E-state index is 0. The van der Waals surface area contributed by atoms with Crippen LogP contribution in [0.25, 0.3) is 0 Å². The van der Waals surface area contributed by atoms with Crippen LogP contribution in [0.1, 0.15) is 30.9 Å². The normalized spacial score (nSPS) is 18.3. The maximum Gasteiger partial charge on any atom is 0.191 e. The molecular weight excluding hydrogens is 425 g/mol. The average molecular weight is 459 g/mol. The number of aliphatic imine (C=N–C) groups is 1. The summed E-state index contributed by atoms with van der Waals surface area (Å²) in [6, 6.07) is 9.36. The van der Waals surface area contributed by atoms with E-state index < -0.39 is 0 Å². The minimum Gasteiger partial charge on any atom is -0.355 e. The number of guanidine groups is 1. The second kappa shape index (κ2) is 11.7. The first kappa shape index (κ1) is 22.2. The monoisotopic (exact) mass is 459 g/mol. The Kier molecular flexibility index (Phi) is 10.4. The number of hydrogen-bond acceptors (Lipinski definition) is 3. The van der Waals surface area contributed by atoms with E-state index in [1.807, 2.05) is 7.05 Å². The molecule has 1 fully saturated rings. The molecule has 0 radical (unpaired) electrons. The van der Waals surface area contributed by atoms with Gasteiger partial charge in [-0.2, -0.15) is 0 Å². The maximum absolute atomic E-state index is 4.35. The zero-order valence-electron chi connectivity index (χ0n) is 16.1.